The molecule has 0 spiro atoms. The van der Waals surface area contributed by atoms with Gasteiger partial charge in [-0.1, -0.05) is 61.5 Å². The first-order valence-corrected chi connectivity index (χ1v) is 12.2. The number of aromatic nitrogens is 1. The fourth-order valence-electron chi connectivity index (χ4n) is 4.72. The minimum Gasteiger partial charge on any atom is -0.417 e. The first-order chi connectivity index (χ1) is 18.3. The van der Waals surface area contributed by atoms with E-state index < -0.39 is 42.0 Å². The molecule has 1 aromatic heterocycles. The Morgan fingerprint density at radius 2 is 1.87 bits per heavy atom. The van der Waals surface area contributed by atoms with Crippen molar-refractivity contribution in [2.75, 3.05) is 6.67 Å². The van der Waals surface area contributed by atoms with Gasteiger partial charge in [0.2, 0.25) is 5.60 Å². The van der Waals surface area contributed by atoms with Gasteiger partial charge in [-0.05, 0) is 23.6 Å². The highest BCUT2D eigenvalue weighted by atomic mass is 19.1. The molecule has 38 heavy (non-hydrogen) atoms. The quantitative estimate of drug-likeness (QED) is 0.473. The van der Waals surface area contributed by atoms with E-state index in [1.807, 2.05) is 30.3 Å². The molecule has 196 valence electrons. The van der Waals surface area contributed by atoms with Crippen LogP contribution in [0.5, 0.6) is 0 Å². The molecule has 10 heteroatoms. The van der Waals surface area contributed by atoms with E-state index in [4.69, 9.17) is 14.3 Å². The van der Waals surface area contributed by atoms with E-state index in [0.29, 0.717) is 11.4 Å². The Bertz CT molecular complexity index is 1420. The molecule has 1 fully saturated rings. The van der Waals surface area contributed by atoms with Crippen LogP contribution < -0.4 is 5.32 Å². The van der Waals surface area contributed by atoms with Crippen molar-refractivity contribution in [3.05, 3.63) is 78.1 Å². The van der Waals surface area contributed by atoms with Crippen LogP contribution in [0.25, 0.3) is 10.8 Å². The molecule has 0 unspecified atom stereocenters. The maximum absolute atomic E-state index is 14.4. The molecular weight excluding hydrogens is 493 g/mol. The summed E-state index contributed by atoms with van der Waals surface area (Å²) in [6.07, 6.45) is 1.36. The number of hydrogen-bond acceptors (Lipinski definition) is 8. The number of nitrogens with zero attached hydrogens (tertiary/aromatic N) is 2. The Balaban J connectivity index is 1.39. The van der Waals surface area contributed by atoms with Crippen LogP contribution in [0.2, 0.25) is 0 Å². The van der Waals surface area contributed by atoms with Crippen molar-refractivity contribution in [2.24, 2.45) is 11.1 Å². The molecule has 0 saturated carbocycles. The van der Waals surface area contributed by atoms with Crippen LogP contribution in [0.4, 0.5) is 4.39 Å². The predicted octanol–water partition coefficient (Wildman–Crippen LogP) is 3.71. The smallest absolute Gasteiger partial charge is 0.341 e. The molecule has 2 aliphatic heterocycles. The molecule has 0 aliphatic carbocycles. The van der Waals surface area contributed by atoms with E-state index in [-0.39, 0.29) is 24.3 Å². The number of carbonyl (C=O) groups is 3. The average Bonchev–Trinajstić information content (AvgIpc) is 3.51. The van der Waals surface area contributed by atoms with E-state index in [1.165, 1.54) is 12.1 Å². The molecule has 2 aliphatic rings. The minimum atomic E-state index is -2.31. The number of ether oxygens (including phenoxy) is 2. The van der Waals surface area contributed by atoms with E-state index in [9.17, 15) is 18.8 Å². The summed E-state index contributed by atoms with van der Waals surface area (Å²) in [5, 5.41) is 8.70. The number of rotatable bonds is 7. The molecule has 2 aromatic carbocycles. The number of fused-ring (bicyclic) bond motifs is 1. The number of amides is 1. The summed E-state index contributed by atoms with van der Waals surface area (Å²) in [5.74, 6) is -5.01. The van der Waals surface area contributed by atoms with Gasteiger partial charge in [-0.15, -0.1) is 0 Å². The van der Waals surface area contributed by atoms with Gasteiger partial charge in [-0.3, -0.25) is 14.6 Å². The third kappa shape index (κ3) is 4.36. The summed E-state index contributed by atoms with van der Waals surface area (Å²) in [4.78, 5) is 48.9. The number of cyclic esters (lactones) is 1. The summed E-state index contributed by atoms with van der Waals surface area (Å²) in [6.45, 7) is 2.24. The molecular formula is C28H26FN3O6. The van der Waals surface area contributed by atoms with Gasteiger partial charge in [-0.2, -0.15) is 0 Å². The Morgan fingerprint density at radius 3 is 2.61 bits per heavy atom. The van der Waals surface area contributed by atoms with Gasteiger partial charge in [0.25, 0.3) is 5.91 Å². The zero-order valence-corrected chi connectivity index (χ0v) is 20.8. The molecule has 3 heterocycles. The second-order valence-electron chi connectivity index (χ2n) is 9.64. The highest BCUT2D eigenvalue weighted by molar-refractivity contribution is 6.12. The maximum Gasteiger partial charge on any atom is 0.341 e. The predicted molar refractivity (Wildman–Crippen MR) is 135 cm³/mol. The lowest BCUT2D eigenvalue weighted by molar-refractivity contribution is -0.203. The Morgan fingerprint density at radius 1 is 1.13 bits per heavy atom. The van der Waals surface area contributed by atoms with Gasteiger partial charge in [0.15, 0.2) is 6.67 Å². The third-order valence-corrected chi connectivity index (χ3v) is 6.97. The number of carbonyl (C=O) groups excluding carboxylic acids is 3. The third-order valence-electron chi connectivity index (χ3n) is 6.97. The lowest BCUT2D eigenvalue weighted by atomic mass is 9.83. The lowest BCUT2D eigenvalue weighted by Gasteiger charge is -2.34. The van der Waals surface area contributed by atoms with Crippen LogP contribution in [-0.4, -0.2) is 52.6 Å². The van der Waals surface area contributed by atoms with Crippen LogP contribution in [0.15, 0.2) is 72.0 Å². The van der Waals surface area contributed by atoms with Crippen molar-refractivity contribution >= 4 is 34.3 Å². The second kappa shape index (κ2) is 9.85. The summed E-state index contributed by atoms with van der Waals surface area (Å²) >= 11 is 0. The van der Waals surface area contributed by atoms with E-state index in [2.05, 4.69) is 15.5 Å². The molecule has 1 N–H and O–H groups in total. The average molecular weight is 520 g/mol. The number of oxime groups is 1. The molecule has 0 bridgehead atoms. The van der Waals surface area contributed by atoms with Gasteiger partial charge in [0.05, 0.1) is 17.7 Å². The fraction of sp³-hybridized carbons (Fsp3) is 0.321. The van der Waals surface area contributed by atoms with Crippen molar-refractivity contribution in [3.63, 3.8) is 0 Å². The van der Waals surface area contributed by atoms with Gasteiger partial charge >= 0.3 is 17.7 Å². The van der Waals surface area contributed by atoms with Crippen LogP contribution in [0.3, 0.4) is 0 Å². The summed E-state index contributed by atoms with van der Waals surface area (Å²) < 4.78 is 24.9. The minimum absolute atomic E-state index is 0.0887. The molecule has 9 nitrogen and oxygen atoms in total. The van der Waals surface area contributed by atoms with Crippen molar-refractivity contribution < 1.29 is 33.1 Å². The van der Waals surface area contributed by atoms with E-state index in [1.54, 1.807) is 38.2 Å². The van der Waals surface area contributed by atoms with Crippen molar-refractivity contribution in [1.82, 2.24) is 10.3 Å². The van der Waals surface area contributed by atoms with E-state index >= 15 is 0 Å². The largest absolute Gasteiger partial charge is 0.417 e. The zero-order valence-electron chi connectivity index (χ0n) is 20.8. The number of hydrogen-bond donors (Lipinski definition) is 1. The van der Waals surface area contributed by atoms with Crippen LogP contribution in [-0.2, 0) is 23.9 Å². The fourth-order valence-corrected chi connectivity index (χ4v) is 4.72. The molecule has 3 atom stereocenters. The first kappa shape index (κ1) is 25.3. The highest BCUT2D eigenvalue weighted by Gasteiger charge is 2.57. The van der Waals surface area contributed by atoms with E-state index in [0.717, 1.165) is 10.8 Å². The molecule has 1 amide bonds. The number of esters is 2. The topological polar surface area (TPSA) is 116 Å². The molecule has 1 saturated heterocycles. The van der Waals surface area contributed by atoms with Gasteiger partial charge in [0.1, 0.15) is 11.8 Å². The number of alkyl halides is 1. The number of pyridine rings is 1. The summed E-state index contributed by atoms with van der Waals surface area (Å²) in [5.41, 5.74) is -0.249. The summed E-state index contributed by atoms with van der Waals surface area (Å²) in [7, 11) is 0. The first-order valence-electron chi connectivity index (χ1n) is 12.2. The van der Waals surface area contributed by atoms with Gasteiger partial charge in [-0.25, -0.2) is 9.18 Å². The van der Waals surface area contributed by atoms with Crippen molar-refractivity contribution in [3.8, 4) is 0 Å². The molecule has 3 aromatic rings. The zero-order chi connectivity index (χ0) is 26.9. The van der Waals surface area contributed by atoms with Crippen LogP contribution in [0, 0.1) is 5.92 Å². The van der Waals surface area contributed by atoms with Crippen molar-refractivity contribution in [2.45, 2.75) is 44.1 Å². The number of halogens is 1. The Kier molecular flexibility index (Phi) is 6.56. The molecule has 0 radical (unpaired) electrons. The number of nitrogens with one attached hydrogen (secondary N) is 1. The Labute approximate surface area is 218 Å². The number of benzene rings is 2. The van der Waals surface area contributed by atoms with Crippen LogP contribution >= 0.6 is 0 Å². The highest BCUT2D eigenvalue weighted by Crippen LogP contribution is 2.37. The summed E-state index contributed by atoms with van der Waals surface area (Å²) in [6, 6.07) is 16.2. The normalized spacial score (nSPS) is 24.6. The molecule has 5 rings (SSSR count). The van der Waals surface area contributed by atoms with Crippen molar-refractivity contribution in [1.29, 1.82) is 0 Å². The standard InChI is InChI=1S/C28H26FN3O6/c1-17(2)27(15-21(32-38-27)24-20-11-7-6-8-18(20)12-13-30-24)26(35)31-22-14-23(33)36-28(22,16-29)37-25(34)19-9-4-3-5-10-19/h3-13,17,22H,14-16H2,1-2H3,(H,31,35)/t22-,27+,28+/m0/s1. The van der Waals surface area contributed by atoms with Gasteiger partial charge < -0.3 is 19.6 Å². The monoisotopic (exact) mass is 519 g/mol. The Hall–Kier alpha value is -4.34. The lowest BCUT2D eigenvalue weighted by Crippen LogP contribution is -2.60. The second-order valence-corrected chi connectivity index (χ2v) is 9.64. The van der Waals surface area contributed by atoms with Crippen LogP contribution in [0.1, 0.15) is 42.7 Å². The maximum atomic E-state index is 14.4. The van der Waals surface area contributed by atoms with Gasteiger partial charge in [0, 0.05) is 23.9 Å². The SMILES string of the molecule is CC(C)[C@@]1(C(=O)N[C@H]2CC(=O)O[C@]2(CF)OC(=O)c2ccccc2)CC(c2nccc3ccccc23)=NO1.